The topological polar surface area (TPSA) is 47.9 Å². The van der Waals surface area contributed by atoms with Crippen LogP contribution in [-0.2, 0) is 14.2 Å². The van der Waals surface area contributed by atoms with E-state index in [0.29, 0.717) is 5.76 Å². The van der Waals surface area contributed by atoms with Crippen molar-refractivity contribution < 1.29 is 19.3 Å². The minimum absolute atomic E-state index is 0.255. The Labute approximate surface area is 77.1 Å². The summed E-state index contributed by atoms with van der Waals surface area (Å²) >= 11 is 0. The third kappa shape index (κ3) is 1.35. The lowest BCUT2D eigenvalue weighted by Crippen LogP contribution is -2.29. The van der Waals surface area contributed by atoms with Gasteiger partial charge in [0.25, 0.3) is 0 Å². The van der Waals surface area contributed by atoms with Crippen molar-refractivity contribution in [2.75, 3.05) is 0 Å². The van der Waals surface area contributed by atoms with Gasteiger partial charge in [-0.15, -0.1) is 0 Å². The Morgan fingerprint density at radius 3 is 2.69 bits per heavy atom. The summed E-state index contributed by atoms with van der Waals surface area (Å²) in [5.74, 6) is 0.0250. The summed E-state index contributed by atoms with van der Waals surface area (Å²) < 4.78 is 16.2. The first-order valence-corrected chi connectivity index (χ1v) is 4.40. The van der Waals surface area contributed by atoms with Crippen molar-refractivity contribution in [3.63, 3.8) is 0 Å². The first-order chi connectivity index (χ1) is 6.03. The van der Waals surface area contributed by atoms with Crippen LogP contribution in [0.5, 0.6) is 0 Å². The van der Waals surface area contributed by atoms with Gasteiger partial charge in [-0.1, -0.05) is 0 Å². The van der Waals surface area contributed by atoms with Gasteiger partial charge in [-0.2, -0.15) is 0 Å². The molecule has 2 heterocycles. The second-order valence-electron chi connectivity index (χ2n) is 3.72. The molecule has 4 nitrogen and oxygen atoms in total. The fourth-order valence-corrected chi connectivity index (χ4v) is 1.72. The fourth-order valence-electron chi connectivity index (χ4n) is 1.72. The largest absolute Gasteiger partial charge is 0.464 e. The van der Waals surface area contributed by atoms with Crippen LogP contribution in [0.3, 0.4) is 0 Å². The monoisotopic (exact) mass is 186 g/mol. The molecule has 2 rings (SSSR count). The van der Waals surface area contributed by atoms with Gasteiger partial charge in [-0.25, -0.2) is 0 Å². The average Bonchev–Trinajstić information content (AvgIpc) is 2.47. The second kappa shape index (κ2) is 2.70. The zero-order valence-corrected chi connectivity index (χ0v) is 7.98. The van der Waals surface area contributed by atoms with E-state index in [-0.39, 0.29) is 12.2 Å². The van der Waals surface area contributed by atoms with Gasteiger partial charge in [-0.3, -0.25) is 0 Å². The summed E-state index contributed by atoms with van der Waals surface area (Å²) in [6, 6.07) is 0. The lowest BCUT2D eigenvalue weighted by atomic mass is 10.2. The Hall–Kier alpha value is -0.580. The lowest BCUT2D eigenvalue weighted by Gasteiger charge is -2.20. The molecular formula is C9H14O4. The third-order valence-electron chi connectivity index (χ3n) is 2.23. The first kappa shape index (κ1) is 8.99. The van der Waals surface area contributed by atoms with Crippen LogP contribution in [0.25, 0.3) is 0 Å². The van der Waals surface area contributed by atoms with Crippen LogP contribution >= 0.6 is 0 Å². The van der Waals surface area contributed by atoms with Crippen LogP contribution in [-0.4, -0.2) is 29.4 Å². The van der Waals surface area contributed by atoms with Crippen molar-refractivity contribution in [1.29, 1.82) is 0 Å². The fraction of sp³-hybridized carbons (Fsp3) is 0.778. The molecule has 3 atom stereocenters. The van der Waals surface area contributed by atoms with E-state index in [4.69, 9.17) is 14.2 Å². The highest BCUT2D eigenvalue weighted by Gasteiger charge is 2.52. The highest BCUT2D eigenvalue weighted by molar-refractivity contribution is 5.11. The Bertz CT molecular complexity index is 246. The van der Waals surface area contributed by atoms with Gasteiger partial charge in [0.1, 0.15) is 5.76 Å². The van der Waals surface area contributed by atoms with Gasteiger partial charge in [0.05, 0.1) is 0 Å². The van der Waals surface area contributed by atoms with E-state index in [0.717, 1.165) is 0 Å². The first-order valence-electron chi connectivity index (χ1n) is 4.40. The number of aliphatic hydroxyl groups excluding tert-OH is 1. The van der Waals surface area contributed by atoms with Gasteiger partial charge >= 0.3 is 0 Å². The highest BCUT2D eigenvalue weighted by Crippen LogP contribution is 2.39. The molecule has 4 heteroatoms. The number of fused-ring (bicyclic) bond motifs is 1. The van der Waals surface area contributed by atoms with Crippen molar-refractivity contribution in [3.8, 4) is 0 Å². The van der Waals surface area contributed by atoms with Crippen molar-refractivity contribution in [3.05, 3.63) is 11.8 Å². The maximum Gasteiger partial charge on any atom is 0.226 e. The summed E-state index contributed by atoms with van der Waals surface area (Å²) in [4.78, 5) is 0. The Morgan fingerprint density at radius 2 is 2.08 bits per heavy atom. The molecule has 13 heavy (non-hydrogen) atoms. The Kier molecular flexibility index (Phi) is 1.87. The molecule has 0 bridgehead atoms. The highest BCUT2D eigenvalue weighted by atomic mass is 16.8. The van der Waals surface area contributed by atoms with Gasteiger partial charge in [-0.05, 0) is 26.8 Å². The zero-order chi connectivity index (χ0) is 9.64. The quantitative estimate of drug-likeness (QED) is 0.606. The molecule has 0 radical (unpaired) electrons. The molecule has 2 aliphatic heterocycles. The predicted molar refractivity (Wildman–Crippen MR) is 44.7 cm³/mol. The van der Waals surface area contributed by atoms with Crippen LogP contribution in [0.4, 0.5) is 0 Å². The zero-order valence-electron chi connectivity index (χ0n) is 7.98. The summed E-state index contributed by atoms with van der Waals surface area (Å²) in [5, 5.41) is 9.47. The van der Waals surface area contributed by atoms with Crippen LogP contribution in [0.2, 0.25) is 0 Å². The molecular weight excluding hydrogens is 172 g/mol. The van der Waals surface area contributed by atoms with E-state index in [1.165, 1.54) is 0 Å². The molecule has 2 fully saturated rings. The SMILES string of the molecule is C/C=C1/OC(O)[C@H]2OC(C)(C)O[C@@H]12. The molecule has 1 unspecified atom stereocenters. The normalized spacial score (nSPS) is 44.9. The summed E-state index contributed by atoms with van der Waals surface area (Å²) in [5.41, 5.74) is 0. The maximum atomic E-state index is 9.47. The molecule has 74 valence electrons. The van der Waals surface area contributed by atoms with Gasteiger partial charge in [0.2, 0.25) is 6.29 Å². The van der Waals surface area contributed by atoms with E-state index in [1.807, 2.05) is 20.8 Å². The number of aliphatic hydroxyl groups is 1. The Morgan fingerprint density at radius 1 is 1.38 bits per heavy atom. The van der Waals surface area contributed by atoms with Crippen LogP contribution in [0, 0.1) is 0 Å². The summed E-state index contributed by atoms with van der Waals surface area (Å²) in [6.45, 7) is 5.50. The van der Waals surface area contributed by atoms with Crippen LogP contribution in [0.15, 0.2) is 11.8 Å². The standard InChI is InChI=1S/C9H14O4/c1-4-5-6-7(8(10)11-5)13-9(2,3)12-6/h4,6-8,10H,1-3H3/b5-4+/t6-,7-,8?/m0/s1. The number of allylic oxidation sites excluding steroid dienone is 1. The van der Waals surface area contributed by atoms with E-state index in [1.54, 1.807) is 6.08 Å². The summed E-state index contributed by atoms with van der Waals surface area (Å²) in [7, 11) is 0. The molecule has 1 N–H and O–H groups in total. The number of hydrogen-bond acceptors (Lipinski definition) is 4. The minimum Gasteiger partial charge on any atom is -0.464 e. The van der Waals surface area contributed by atoms with E-state index < -0.39 is 12.1 Å². The van der Waals surface area contributed by atoms with Crippen molar-refractivity contribution in [2.24, 2.45) is 0 Å². The van der Waals surface area contributed by atoms with E-state index >= 15 is 0 Å². The average molecular weight is 186 g/mol. The van der Waals surface area contributed by atoms with E-state index in [9.17, 15) is 5.11 Å². The predicted octanol–water partition coefficient (Wildman–Crippen LogP) is 0.759. The smallest absolute Gasteiger partial charge is 0.226 e. The van der Waals surface area contributed by atoms with Crippen molar-refractivity contribution in [1.82, 2.24) is 0 Å². The van der Waals surface area contributed by atoms with Gasteiger partial charge in [0, 0.05) is 0 Å². The molecule has 0 aromatic heterocycles. The van der Waals surface area contributed by atoms with Crippen molar-refractivity contribution >= 4 is 0 Å². The van der Waals surface area contributed by atoms with Crippen LogP contribution < -0.4 is 0 Å². The summed E-state index contributed by atoms with van der Waals surface area (Å²) in [6.07, 6.45) is 0.243. The third-order valence-corrected chi connectivity index (χ3v) is 2.23. The molecule has 0 amide bonds. The maximum absolute atomic E-state index is 9.47. The second-order valence-corrected chi connectivity index (χ2v) is 3.72. The van der Waals surface area contributed by atoms with Gasteiger partial charge in [0.15, 0.2) is 18.0 Å². The molecule has 2 saturated heterocycles. The molecule has 2 aliphatic rings. The Balaban J connectivity index is 2.22. The van der Waals surface area contributed by atoms with Crippen LogP contribution in [0.1, 0.15) is 20.8 Å². The molecule has 0 aromatic rings. The molecule has 0 aromatic carbocycles. The molecule has 0 spiro atoms. The molecule has 0 saturated carbocycles. The van der Waals surface area contributed by atoms with E-state index in [2.05, 4.69) is 0 Å². The number of ether oxygens (including phenoxy) is 3. The molecule has 0 aliphatic carbocycles. The number of hydrogen-bond donors (Lipinski definition) is 1. The minimum atomic E-state index is -0.905. The van der Waals surface area contributed by atoms with Crippen molar-refractivity contribution in [2.45, 2.75) is 45.1 Å². The van der Waals surface area contributed by atoms with Gasteiger partial charge < -0.3 is 19.3 Å². The lowest BCUT2D eigenvalue weighted by molar-refractivity contribution is -0.194. The number of rotatable bonds is 0.